The number of alkyl halides is 6. The van der Waals surface area contributed by atoms with Crippen LogP contribution in [0.1, 0.15) is 27.0 Å². The maximum atomic E-state index is 12.7. The summed E-state index contributed by atoms with van der Waals surface area (Å²) in [6.07, 6.45) is -9.98. The monoisotopic (exact) mass is 364 g/mol. The first-order chi connectivity index (χ1) is 11.5. The zero-order valence-electron chi connectivity index (χ0n) is 12.3. The maximum absolute atomic E-state index is 12.7. The van der Waals surface area contributed by atoms with Gasteiger partial charge in [0.15, 0.2) is 0 Å². The molecule has 0 spiro atoms. The van der Waals surface area contributed by atoms with E-state index >= 15 is 0 Å². The molecule has 134 valence electrons. The Morgan fingerprint density at radius 3 is 1.92 bits per heavy atom. The second kappa shape index (κ2) is 6.66. The van der Waals surface area contributed by atoms with E-state index in [0.717, 1.165) is 0 Å². The highest BCUT2D eigenvalue weighted by Gasteiger charge is 2.36. The van der Waals surface area contributed by atoms with Crippen LogP contribution in [0.3, 0.4) is 0 Å². The van der Waals surface area contributed by atoms with Crippen LogP contribution in [-0.4, -0.2) is 11.1 Å². The molecule has 0 atom stereocenters. The lowest BCUT2D eigenvalue weighted by Gasteiger charge is -2.14. The average molecular weight is 364 g/mol. The van der Waals surface area contributed by atoms with Gasteiger partial charge in [-0.1, -0.05) is 12.1 Å². The number of rotatable bonds is 3. The molecule has 0 aliphatic rings. The van der Waals surface area contributed by atoms with Gasteiger partial charge in [0.2, 0.25) is 0 Å². The molecule has 0 bridgehead atoms. The molecule has 0 radical (unpaired) electrons. The van der Waals surface area contributed by atoms with Gasteiger partial charge in [0.05, 0.1) is 11.1 Å². The summed E-state index contributed by atoms with van der Waals surface area (Å²) in [5.74, 6) is -1.50. The molecule has 0 aliphatic carbocycles. The fraction of sp³-hybridized carbons (Fsp3) is 0.188. The minimum absolute atomic E-state index is 0.0195. The lowest BCUT2D eigenvalue weighted by Crippen LogP contribution is -2.13. The van der Waals surface area contributed by atoms with Gasteiger partial charge in [0, 0.05) is 0 Å². The Balaban J connectivity index is 2.27. The van der Waals surface area contributed by atoms with Crippen molar-refractivity contribution in [2.24, 2.45) is 0 Å². The Morgan fingerprint density at radius 1 is 0.920 bits per heavy atom. The number of aromatic hydroxyl groups is 1. The van der Waals surface area contributed by atoms with E-state index in [0.29, 0.717) is 12.1 Å². The molecule has 0 heterocycles. The Hall–Kier alpha value is -2.71. The molecule has 2 aromatic carbocycles. The van der Waals surface area contributed by atoms with Crippen molar-refractivity contribution < 1.29 is 41.0 Å². The van der Waals surface area contributed by atoms with Crippen molar-refractivity contribution in [2.45, 2.75) is 19.0 Å². The zero-order valence-corrected chi connectivity index (χ0v) is 12.3. The highest BCUT2D eigenvalue weighted by molar-refractivity contribution is 5.92. The molecule has 25 heavy (non-hydrogen) atoms. The molecule has 3 nitrogen and oxygen atoms in total. The molecular formula is C16H10F6O3. The van der Waals surface area contributed by atoms with Crippen LogP contribution in [0.25, 0.3) is 0 Å². The summed E-state index contributed by atoms with van der Waals surface area (Å²) in [5.41, 5.74) is -3.75. The van der Waals surface area contributed by atoms with Crippen LogP contribution >= 0.6 is 0 Å². The Labute approximate surface area is 137 Å². The van der Waals surface area contributed by atoms with Crippen LogP contribution in [0.15, 0.2) is 42.5 Å². The summed E-state index contributed by atoms with van der Waals surface area (Å²) in [5, 5.41) is 9.48. The van der Waals surface area contributed by atoms with Crippen LogP contribution in [0.5, 0.6) is 5.75 Å². The molecule has 2 aromatic rings. The topological polar surface area (TPSA) is 46.5 Å². The van der Waals surface area contributed by atoms with Gasteiger partial charge in [0.25, 0.3) is 0 Å². The summed E-state index contributed by atoms with van der Waals surface area (Å²) in [6, 6.07) is 6.12. The van der Waals surface area contributed by atoms with E-state index in [1.54, 1.807) is 0 Å². The summed E-state index contributed by atoms with van der Waals surface area (Å²) < 4.78 is 81.2. The van der Waals surface area contributed by atoms with E-state index in [-0.39, 0.29) is 11.6 Å². The molecule has 0 saturated carbocycles. The second-order valence-electron chi connectivity index (χ2n) is 5.01. The third-order valence-corrected chi connectivity index (χ3v) is 3.14. The van der Waals surface area contributed by atoms with Crippen molar-refractivity contribution in [3.05, 3.63) is 64.7 Å². The van der Waals surface area contributed by atoms with Crippen molar-refractivity contribution in [2.75, 3.05) is 0 Å². The predicted molar refractivity (Wildman–Crippen MR) is 73.7 cm³/mol. The Bertz CT molecular complexity index is 748. The van der Waals surface area contributed by atoms with Gasteiger partial charge in [0.1, 0.15) is 17.9 Å². The number of hydrogen-bond acceptors (Lipinski definition) is 3. The molecule has 0 unspecified atom stereocenters. The van der Waals surface area contributed by atoms with E-state index < -0.39 is 47.4 Å². The van der Waals surface area contributed by atoms with Gasteiger partial charge in [-0.2, -0.15) is 26.3 Å². The van der Waals surface area contributed by atoms with Crippen molar-refractivity contribution in [1.82, 2.24) is 0 Å². The predicted octanol–water partition coefficient (Wildman–Crippen LogP) is 4.79. The van der Waals surface area contributed by atoms with Gasteiger partial charge in [-0.15, -0.1) is 0 Å². The average Bonchev–Trinajstić information content (AvgIpc) is 2.51. The largest absolute Gasteiger partial charge is 0.507 e. The fourth-order valence-electron chi connectivity index (χ4n) is 1.98. The van der Waals surface area contributed by atoms with E-state index in [4.69, 9.17) is 4.74 Å². The first-order valence-corrected chi connectivity index (χ1v) is 6.72. The first-order valence-electron chi connectivity index (χ1n) is 6.72. The minimum Gasteiger partial charge on any atom is -0.507 e. The van der Waals surface area contributed by atoms with Crippen molar-refractivity contribution in [1.29, 1.82) is 0 Å². The number of benzene rings is 2. The summed E-state index contributed by atoms with van der Waals surface area (Å²) in [7, 11) is 0. The van der Waals surface area contributed by atoms with Crippen LogP contribution in [0, 0.1) is 0 Å². The second-order valence-corrected chi connectivity index (χ2v) is 5.01. The molecule has 0 aromatic heterocycles. The quantitative estimate of drug-likeness (QED) is 0.629. The van der Waals surface area contributed by atoms with Crippen molar-refractivity contribution in [3.8, 4) is 5.75 Å². The van der Waals surface area contributed by atoms with Crippen LogP contribution in [-0.2, 0) is 23.7 Å². The Kier molecular flexibility index (Phi) is 4.96. The van der Waals surface area contributed by atoms with E-state index in [2.05, 4.69) is 0 Å². The molecule has 9 heteroatoms. The molecule has 2 rings (SSSR count). The molecule has 0 amide bonds. The van der Waals surface area contributed by atoms with Crippen LogP contribution in [0.4, 0.5) is 26.3 Å². The van der Waals surface area contributed by atoms with E-state index in [9.17, 15) is 36.2 Å². The van der Waals surface area contributed by atoms with E-state index in [1.165, 1.54) is 24.3 Å². The molecule has 0 fully saturated rings. The highest BCUT2D eigenvalue weighted by Crippen LogP contribution is 2.36. The lowest BCUT2D eigenvalue weighted by atomic mass is 10.1. The highest BCUT2D eigenvalue weighted by atomic mass is 19.4. The number of esters is 1. The standard InChI is InChI=1S/C16H10F6O3/c17-15(18,19)10-5-9(6-11(7-10)16(20,21)22)8-25-14(24)12-3-1-2-4-13(12)23/h1-7,23H,8H2. The molecule has 0 saturated heterocycles. The summed E-state index contributed by atoms with van der Waals surface area (Å²) >= 11 is 0. The Morgan fingerprint density at radius 2 is 1.44 bits per heavy atom. The number of para-hydroxylation sites is 1. The summed E-state index contributed by atoms with van der Waals surface area (Å²) in [4.78, 5) is 11.8. The first kappa shape index (κ1) is 18.6. The number of ether oxygens (including phenoxy) is 1. The fourth-order valence-corrected chi connectivity index (χ4v) is 1.98. The van der Waals surface area contributed by atoms with Gasteiger partial charge in [-0.05, 0) is 35.9 Å². The van der Waals surface area contributed by atoms with E-state index in [1.807, 2.05) is 0 Å². The number of carbonyl (C=O) groups is 1. The van der Waals surface area contributed by atoms with Gasteiger partial charge >= 0.3 is 18.3 Å². The number of halogens is 6. The number of phenols is 1. The van der Waals surface area contributed by atoms with Crippen LogP contribution < -0.4 is 0 Å². The van der Waals surface area contributed by atoms with Crippen molar-refractivity contribution >= 4 is 5.97 Å². The van der Waals surface area contributed by atoms with Crippen molar-refractivity contribution in [3.63, 3.8) is 0 Å². The van der Waals surface area contributed by atoms with Gasteiger partial charge in [-0.3, -0.25) is 0 Å². The SMILES string of the molecule is O=C(OCc1cc(C(F)(F)F)cc(C(F)(F)F)c1)c1ccccc1O. The molecule has 1 N–H and O–H groups in total. The molecular weight excluding hydrogens is 354 g/mol. The van der Waals surface area contributed by atoms with Gasteiger partial charge < -0.3 is 9.84 Å². The third-order valence-electron chi connectivity index (χ3n) is 3.14. The van der Waals surface area contributed by atoms with Crippen LogP contribution in [0.2, 0.25) is 0 Å². The van der Waals surface area contributed by atoms with Gasteiger partial charge in [-0.25, -0.2) is 4.79 Å². The summed E-state index contributed by atoms with van der Waals surface area (Å²) in [6.45, 7) is -0.819. The molecule has 0 aliphatic heterocycles. The smallest absolute Gasteiger partial charge is 0.416 e. The third kappa shape index (κ3) is 4.65. The zero-order chi connectivity index (χ0) is 18.8. The minimum atomic E-state index is -4.99. The number of phenolic OH excluding ortho intramolecular Hbond substituents is 1. The number of hydrogen-bond donors (Lipinski definition) is 1. The maximum Gasteiger partial charge on any atom is 0.416 e. The number of carbonyl (C=O) groups excluding carboxylic acids is 1. The lowest BCUT2D eigenvalue weighted by molar-refractivity contribution is -0.143. The normalized spacial score (nSPS) is 12.1.